The highest BCUT2D eigenvalue weighted by Crippen LogP contribution is 2.29. The average Bonchev–Trinajstić information content (AvgIpc) is 2.27. The van der Waals surface area contributed by atoms with E-state index in [9.17, 15) is 13.2 Å². The number of nitrogens with zero attached hydrogens (tertiary/aromatic N) is 2. The third-order valence-corrected chi connectivity index (χ3v) is 1.91. The summed E-state index contributed by atoms with van der Waals surface area (Å²) >= 11 is 0. The smallest absolute Gasteiger partial charge is 0.394 e. The fourth-order valence-electron chi connectivity index (χ4n) is 1.08. The van der Waals surface area contributed by atoms with Crippen LogP contribution in [0.5, 0.6) is 0 Å². The lowest BCUT2D eigenvalue weighted by Gasteiger charge is -2.14. The van der Waals surface area contributed by atoms with Crippen molar-refractivity contribution in [3.05, 3.63) is 11.8 Å². The van der Waals surface area contributed by atoms with Crippen LogP contribution in [0, 0.1) is 0 Å². The number of nitrogens with one attached hydrogen (secondary N) is 2. The van der Waals surface area contributed by atoms with Gasteiger partial charge in [-0.1, -0.05) is 0 Å². The molecule has 1 atom stereocenters. The van der Waals surface area contributed by atoms with E-state index in [1.165, 1.54) is 7.05 Å². The van der Waals surface area contributed by atoms with Crippen molar-refractivity contribution in [1.29, 1.82) is 0 Å². The number of aliphatic hydroxyl groups is 1. The van der Waals surface area contributed by atoms with Crippen LogP contribution in [-0.2, 0) is 6.18 Å². The van der Waals surface area contributed by atoms with Crippen molar-refractivity contribution in [2.45, 2.75) is 19.1 Å². The first kappa shape index (κ1) is 13.5. The Morgan fingerprint density at radius 3 is 2.53 bits per heavy atom. The van der Waals surface area contributed by atoms with Gasteiger partial charge in [0.2, 0.25) is 5.95 Å². The van der Waals surface area contributed by atoms with E-state index in [1.807, 2.05) is 0 Å². The molecule has 5 nitrogen and oxygen atoms in total. The van der Waals surface area contributed by atoms with Crippen LogP contribution >= 0.6 is 0 Å². The monoisotopic (exact) mass is 250 g/mol. The average molecular weight is 250 g/mol. The van der Waals surface area contributed by atoms with Crippen LogP contribution < -0.4 is 10.6 Å². The normalized spacial score (nSPS) is 13.3. The van der Waals surface area contributed by atoms with Gasteiger partial charge in [0.1, 0.15) is 5.82 Å². The number of aromatic nitrogens is 2. The molecule has 1 rings (SSSR count). The van der Waals surface area contributed by atoms with E-state index in [4.69, 9.17) is 5.11 Å². The van der Waals surface area contributed by atoms with E-state index >= 15 is 0 Å². The molecule has 0 aliphatic carbocycles. The van der Waals surface area contributed by atoms with E-state index in [1.54, 1.807) is 6.92 Å². The van der Waals surface area contributed by atoms with Crippen molar-refractivity contribution in [2.75, 3.05) is 24.3 Å². The number of hydrogen-bond donors (Lipinski definition) is 3. The molecule has 1 unspecified atom stereocenters. The summed E-state index contributed by atoms with van der Waals surface area (Å²) in [5, 5.41) is 13.9. The van der Waals surface area contributed by atoms with Gasteiger partial charge in [-0.15, -0.1) is 0 Å². The second-order valence-electron chi connectivity index (χ2n) is 3.44. The molecule has 0 spiro atoms. The molecule has 3 N–H and O–H groups in total. The maximum atomic E-state index is 12.5. The third-order valence-electron chi connectivity index (χ3n) is 1.91. The van der Waals surface area contributed by atoms with E-state index in [0.717, 1.165) is 6.07 Å². The maximum Gasteiger partial charge on any atom is 0.433 e. The highest BCUT2D eigenvalue weighted by Gasteiger charge is 2.33. The van der Waals surface area contributed by atoms with Gasteiger partial charge in [0.05, 0.1) is 6.61 Å². The zero-order valence-electron chi connectivity index (χ0n) is 9.34. The number of anilines is 2. The molecule has 8 heteroatoms. The van der Waals surface area contributed by atoms with Gasteiger partial charge < -0.3 is 15.7 Å². The summed E-state index contributed by atoms with van der Waals surface area (Å²) in [6, 6.07) is 0.406. The Morgan fingerprint density at radius 1 is 1.41 bits per heavy atom. The lowest BCUT2D eigenvalue weighted by atomic mass is 10.3. The summed E-state index contributed by atoms with van der Waals surface area (Å²) in [5.74, 6) is -0.120. The summed E-state index contributed by atoms with van der Waals surface area (Å²) in [7, 11) is 1.43. The van der Waals surface area contributed by atoms with Crippen molar-refractivity contribution in [3.63, 3.8) is 0 Å². The van der Waals surface area contributed by atoms with Crippen LogP contribution in [0.15, 0.2) is 6.07 Å². The van der Waals surface area contributed by atoms with Crippen LogP contribution in [0.25, 0.3) is 0 Å². The fourth-order valence-corrected chi connectivity index (χ4v) is 1.08. The van der Waals surface area contributed by atoms with E-state index < -0.39 is 17.9 Å². The largest absolute Gasteiger partial charge is 0.433 e. The Bertz CT molecular complexity index is 383. The molecule has 0 saturated carbocycles. The summed E-state index contributed by atoms with van der Waals surface area (Å²) in [6.07, 6.45) is -4.53. The number of hydrogen-bond acceptors (Lipinski definition) is 5. The van der Waals surface area contributed by atoms with Gasteiger partial charge in [0.15, 0.2) is 5.69 Å². The van der Waals surface area contributed by atoms with Crippen LogP contribution in [0.4, 0.5) is 24.9 Å². The van der Waals surface area contributed by atoms with Gasteiger partial charge in [-0.05, 0) is 6.92 Å². The SMILES string of the molecule is CNc1nc(NC(C)CO)cc(C(F)(F)F)n1. The first-order valence-electron chi connectivity index (χ1n) is 4.88. The van der Waals surface area contributed by atoms with Gasteiger partial charge in [-0.2, -0.15) is 18.2 Å². The van der Waals surface area contributed by atoms with Crippen molar-refractivity contribution >= 4 is 11.8 Å². The number of halogens is 3. The molecule has 1 heterocycles. The Balaban J connectivity index is 3.05. The molecule has 0 aromatic carbocycles. The lowest BCUT2D eigenvalue weighted by molar-refractivity contribution is -0.141. The molecule has 17 heavy (non-hydrogen) atoms. The number of aliphatic hydroxyl groups excluding tert-OH is 1. The van der Waals surface area contributed by atoms with Crippen molar-refractivity contribution < 1.29 is 18.3 Å². The summed E-state index contributed by atoms with van der Waals surface area (Å²) in [4.78, 5) is 7.12. The topological polar surface area (TPSA) is 70.1 Å². The zero-order chi connectivity index (χ0) is 13.1. The second kappa shape index (κ2) is 5.17. The Labute approximate surface area is 96.1 Å². The third kappa shape index (κ3) is 3.74. The van der Waals surface area contributed by atoms with Crippen molar-refractivity contribution in [1.82, 2.24) is 9.97 Å². The van der Waals surface area contributed by atoms with Crippen molar-refractivity contribution in [2.24, 2.45) is 0 Å². The first-order chi connectivity index (χ1) is 7.86. The van der Waals surface area contributed by atoms with Gasteiger partial charge in [0.25, 0.3) is 0 Å². The Hall–Kier alpha value is -1.57. The quantitative estimate of drug-likeness (QED) is 0.752. The van der Waals surface area contributed by atoms with E-state index in [2.05, 4.69) is 20.6 Å². The van der Waals surface area contributed by atoms with Gasteiger partial charge in [-0.3, -0.25) is 0 Å². The minimum absolute atomic E-state index is 0.0122. The molecular weight excluding hydrogens is 237 g/mol. The Morgan fingerprint density at radius 2 is 2.06 bits per heavy atom. The van der Waals surface area contributed by atoms with E-state index in [0.29, 0.717) is 0 Å². The van der Waals surface area contributed by atoms with Crippen LogP contribution in [0.2, 0.25) is 0 Å². The molecule has 0 saturated heterocycles. The summed E-state index contributed by atoms with van der Waals surface area (Å²) < 4.78 is 37.5. The molecule has 0 amide bonds. The maximum absolute atomic E-state index is 12.5. The molecular formula is C9H13F3N4O. The fraction of sp³-hybridized carbons (Fsp3) is 0.556. The summed E-state index contributed by atoms with van der Waals surface area (Å²) in [6.45, 7) is 1.41. The molecule has 0 bridgehead atoms. The first-order valence-corrected chi connectivity index (χ1v) is 4.88. The van der Waals surface area contributed by atoms with Gasteiger partial charge in [-0.25, -0.2) is 4.98 Å². The highest BCUT2D eigenvalue weighted by molar-refractivity contribution is 5.43. The number of rotatable bonds is 4. The lowest BCUT2D eigenvalue weighted by Crippen LogP contribution is -2.21. The highest BCUT2D eigenvalue weighted by atomic mass is 19.4. The minimum Gasteiger partial charge on any atom is -0.394 e. The number of alkyl halides is 3. The molecule has 0 aliphatic rings. The van der Waals surface area contributed by atoms with Crippen LogP contribution in [-0.4, -0.2) is 34.8 Å². The predicted molar refractivity (Wildman–Crippen MR) is 56.8 cm³/mol. The van der Waals surface area contributed by atoms with Crippen molar-refractivity contribution in [3.8, 4) is 0 Å². The Kier molecular flexibility index (Phi) is 4.11. The molecule has 1 aromatic heterocycles. The second-order valence-corrected chi connectivity index (χ2v) is 3.44. The predicted octanol–water partition coefficient (Wildman–Crippen LogP) is 1.33. The van der Waals surface area contributed by atoms with E-state index in [-0.39, 0.29) is 18.4 Å². The zero-order valence-corrected chi connectivity index (χ0v) is 9.34. The molecule has 0 aliphatic heterocycles. The van der Waals surface area contributed by atoms with Gasteiger partial charge in [0, 0.05) is 19.2 Å². The standard InChI is InChI=1S/C9H13F3N4O/c1-5(4-17)14-7-3-6(9(10,11)12)15-8(13-2)16-7/h3,5,17H,4H2,1-2H3,(H2,13,14,15,16). The molecule has 1 aromatic rings. The van der Waals surface area contributed by atoms with Gasteiger partial charge >= 0.3 is 6.18 Å². The summed E-state index contributed by atoms with van der Waals surface area (Å²) in [5.41, 5.74) is -1.04. The molecule has 0 fully saturated rings. The molecule has 0 radical (unpaired) electrons. The minimum atomic E-state index is -4.53. The van der Waals surface area contributed by atoms with Crippen LogP contribution in [0.1, 0.15) is 12.6 Å². The molecule has 96 valence electrons. The van der Waals surface area contributed by atoms with Crippen LogP contribution in [0.3, 0.4) is 0 Å².